The minimum atomic E-state index is -0.837. The fourth-order valence-electron chi connectivity index (χ4n) is 2.88. The van der Waals surface area contributed by atoms with Crippen molar-refractivity contribution in [2.75, 3.05) is 25.0 Å². The van der Waals surface area contributed by atoms with Gasteiger partial charge in [-0.2, -0.15) is 0 Å². The molecule has 1 aromatic carbocycles. The van der Waals surface area contributed by atoms with Crippen LogP contribution in [0.15, 0.2) is 24.3 Å². The number of ether oxygens (including phenoxy) is 1. The van der Waals surface area contributed by atoms with E-state index in [4.69, 9.17) is 10.5 Å². The Morgan fingerprint density at radius 1 is 1.24 bits per heavy atom. The number of nitrogens with zero attached hydrogens (tertiary/aromatic N) is 1. The van der Waals surface area contributed by atoms with Gasteiger partial charge in [0.1, 0.15) is 0 Å². The maximum Gasteiger partial charge on any atom is 0.411 e. The van der Waals surface area contributed by atoms with Crippen LogP contribution in [0, 0.1) is 5.92 Å². The SMILES string of the molecule is CCc1ccc(NC(=O)OCC2CCN(C(=O)C(C)(C)N)CC2)cc1. The van der Waals surface area contributed by atoms with E-state index >= 15 is 0 Å². The zero-order valence-electron chi connectivity index (χ0n) is 15.4. The molecule has 2 rings (SSSR count). The number of likely N-dealkylation sites (tertiary alicyclic amines) is 1. The molecule has 25 heavy (non-hydrogen) atoms. The largest absolute Gasteiger partial charge is 0.449 e. The summed E-state index contributed by atoms with van der Waals surface area (Å²) < 4.78 is 5.33. The minimum Gasteiger partial charge on any atom is -0.449 e. The van der Waals surface area contributed by atoms with Gasteiger partial charge in [-0.1, -0.05) is 19.1 Å². The number of nitrogens with one attached hydrogen (secondary N) is 1. The summed E-state index contributed by atoms with van der Waals surface area (Å²) >= 11 is 0. The lowest BCUT2D eigenvalue weighted by Crippen LogP contribution is -2.53. The number of anilines is 1. The van der Waals surface area contributed by atoms with Crippen molar-refractivity contribution in [1.29, 1.82) is 0 Å². The van der Waals surface area contributed by atoms with Crippen LogP contribution < -0.4 is 11.1 Å². The molecule has 1 aromatic rings. The summed E-state index contributed by atoms with van der Waals surface area (Å²) in [5.74, 6) is 0.248. The fourth-order valence-corrected chi connectivity index (χ4v) is 2.88. The number of amides is 2. The molecular weight excluding hydrogens is 318 g/mol. The number of piperidine rings is 1. The van der Waals surface area contributed by atoms with Crippen LogP contribution in [0.2, 0.25) is 0 Å². The van der Waals surface area contributed by atoms with E-state index in [1.165, 1.54) is 5.56 Å². The first-order chi connectivity index (χ1) is 11.8. The first kappa shape index (κ1) is 19.2. The summed E-state index contributed by atoms with van der Waals surface area (Å²) in [4.78, 5) is 25.8. The van der Waals surface area contributed by atoms with Gasteiger partial charge in [-0.05, 0) is 56.7 Å². The number of hydrogen-bond donors (Lipinski definition) is 2. The average Bonchev–Trinajstić information content (AvgIpc) is 2.59. The second kappa shape index (κ2) is 8.34. The van der Waals surface area contributed by atoms with Crippen molar-refractivity contribution in [3.63, 3.8) is 0 Å². The van der Waals surface area contributed by atoms with E-state index in [-0.39, 0.29) is 11.8 Å². The van der Waals surface area contributed by atoms with Crippen molar-refractivity contribution < 1.29 is 14.3 Å². The van der Waals surface area contributed by atoms with E-state index < -0.39 is 11.6 Å². The normalized spacial score (nSPS) is 15.8. The summed E-state index contributed by atoms with van der Waals surface area (Å²) in [6, 6.07) is 7.72. The average molecular weight is 347 g/mol. The molecule has 1 aliphatic rings. The second-order valence-corrected chi connectivity index (χ2v) is 7.23. The third kappa shape index (κ3) is 5.74. The lowest BCUT2D eigenvalue weighted by Gasteiger charge is -2.35. The number of benzene rings is 1. The molecule has 1 fully saturated rings. The Balaban J connectivity index is 1.71. The van der Waals surface area contributed by atoms with Crippen LogP contribution in [0.3, 0.4) is 0 Å². The van der Waals surface area contributed by atoms with Crippen LogP contribution >= 0.6 is 0 Å². The summed E-state index contributed by atoms with van der Waals surface area (Å²) in [6.45, 7) is 7.22. The molecule has 6 heteroatoms. The molecule has 0 atom stereocenters. The zero-order valence-corrected chi connectivity index (χ0v) is 15.4. The van der Waals surface area contributed by atoms with Crippen LogP contribution in [0.1, 0.15) is 39.2 Å². The third-order valence-electron chi connectivity index (χ3n) is 4.51. The quantitative estimate of drug-likeness (QED) is 0.858. The molecule has 0 aromatic heterocycles. The van der Waals surface area contributed by atoms with Crippen molar-refractivity contribution in [3.8, 4) is 0 Å². The van der Waals surface area contributed by atoms with Gasteiger partial charge in [-0.3, -0.25) is 10.1 Å². The molecule has 1 heterocycles. The zero-order chi connectivity index (χ0) is 18.4. The number of carbonyl (C=O) groups is 2. The maximum absolute atomic E-state index is 12.1. The van der Waals surface area contributed by atoms with E-state index in [2.05, 4.69) is 12.2 Å². The Labute approximate surface area is 149 Å². The van der Waals surface area contributed by atoms with Gasteiger partial charge in [0, 0.05) is 18.8 Å². The van der Waals surface area contributed by atoms with Crippen LogP contribution in [-0.2, 0) is 16.0 Å². The molecule has 0 bridgehead atoms. The van der Waals surface area contributed by atoms with Crippen molar-refractivity contribution in [2.24, 2.45) is 11.7 Å². The van der Waals surface area contributed by atoms with E-state index in [0.29, 0.717) is 19.7 Å². The Morgan fingerprint density at radius 3 is 2.36 bits per heavy atom. The molecule has 1 saturated heterocycles. The Kier molecular flexibility index (Phi) is 6.42. The summed E-state index contributed by atoms with van der Waals surface area (Å²) in [6.07, 6.45) is 2.17. The molecule has 0 unspecified atom stereocenters. The molecule has 0 aliphatic carbocycles. The molecule has 0 radical (unpaired) electrons. The van der Waals surface area contributed by atoms with Crippen LogP contribution in [-0.4, -0.2) is 42.1 Å². The van der Waals surface area contributed by atoms with Gasteiger partial charge in [0.15, 0.2) is 0 Å². The maximum atomic E-state index is 12.1. The smallest absolute Gasteiger partial charge is 0.411 e. The highest BCUT2D eigenvalue weighted by molar-refractivity contribution is 5.85. The third-order valence-corrected chi connectivity index (χ3v) is 4.51. The number of nitrogens with two attached hydrogens (primary N) is 1. The van der Waals surface area contributed by atoms with E-state index in [1.54, 1.807) is 18.7 Å². The van der Waals surface area contributed by atoms with Crippen LogP contribution in [0.5, 0.6) is 0 Å². The standard InChI is InChI=1S/C19H29N3O3/c1-4-14-5-7-16(8-6-14)21-18(24)25-13-15-9-11-22(12-10-15)17(23)19(2,3)20/h5-8,15H,4,9-13,20H2,1-3H3,(H,21,24). The first-order valence-corrected chi connectivity index (χ1v) is 8.90. The number of hydrogen-bond acceptors (Lipinski definition) is 4. The highest BCUT2D eigenvalue weighted by Crippen LogP contribution is 2.20. The van der Waals surface area contributed by atoms with Crippen molar-refractivity contribution in [1.82, 2.24) is 4.90 Å². The van der Waals surface area contributed by atoms with Crippen molar-refractivity contribution in [3.05, 3.63) is 29.8 Å². The Morgan fingerprint density at radius 2 is 1.84 bits per heavy atom. The topological polar surface area (TPSA) is 84.7 Å². The molecule has 138 valence electrons. The molecule has 2 amide bonds. The van der Waals surface area contributed by atoms with E-state index in [1.807, 2.05) is 24.3 Å². The van der Waals surface area contributed by atoms with Crippen LogP contribution in [0.4, 0.5) is 10.5 Å². The lowest BCUT2D eigenvalue weighted by atomic mass is 9.95. The molecular formula is C19H29N3O3. The predicted molar refractivity (Wildman–Crippen MR) is 98.4 cm³/mol. The molecule has 0 saturated carbocycles. The molecule has 3 N–H and O–H groups in total. The van der Waals surface area contributed by atoms with Gasteiger partial charge in [-0.25, -0.2) is 4.79 Å². The second-order valence-electron chi connectivity index (χ2n) is 7.23. The van der Waals surface area contributed by atoms with Gasteiger partial charge < -0.3 is 15.4 Å². The van der Waals surface area contributed by atoms with Gasteiger partial charge in [0.25, 0.3) is 0 Å². The molecule has 6 nitrogen and oxygen atoms in total. The molecule has 1 aliphatic heterocycles. The number of carbonyl (C=O) groups excluding carboxylic acids is 2. The van der Waals surface area contributed by atoms with E-state index in [9.17, 15) is 9.59 Å². The fraction of sp³-hybridized carbons (Fsp3) is 0.579. The van der Waals surface area contributed by atoms with Crippen molar-refractivity contribution in [2.45, 2.75) is 45.6 Å². The number of aryl methyl sites for hydroxylation is 1. The summed E-state index contributed by atoms with van der Waals surface area (Å²) in [7, 11) is 0. The highest BCUT2D eigenvalue weighted by atomic mass is 16.5. The summed E-state index contributed by atoms with van der Waals surface area (Å²) in [5, 5.41) is 2.74. The lowest BCUT2D eigenvalue weighted by molar-refractivity contribution is -0.137. The Hall–Kier alpha value is -2.08. The minimum absolute atomic E-state index is 0.0277. The van der Waals surface area contributed by atoms with Gasteiger partial charge >= 0.3 is 6.09 Å². The van der Waals surface area contributed by atoms with E-state index in [0.717, 1.165) is 24.9 Å². The predicted octanol–water partition coefficient (Wildman–Crippen LogP) is 2.77. The van der Waals surface area contributed by atoms with Gasteiger partial charge in [0.05, 0.1) is 12.1 Å². The van der Waals surface area contributed by atoms with Gasteiger partial charge in [-0.15, -0.1) is 0 Å². The monoisotopic (exact) mass is 347 g/mol. The number of rotatable bonds is 5. The first-order valence-electron chi connectivity index (χ1n) is 8.90. The molecule has 0 spiro atoms. The highest BCUT2D eigenvalue weighted by Gasteiger charge is 2.31. The summed E-state index contributed by atoms with van der Waals surface area (Å²) in [5.41, 5.74) is 6.98. The van der Waals surface area contributed by atoms with Gasteiger partial charge in [0.2, 0.25) is 5.91 Å². The van der Waals surface area contributed by atoms with Crippen LogP contribution in [0.25, 0.3) is 0 Å². The Bertz CT molecular complexity index is 585. The van der Waals surface area contributed by atoms with Crippen molar-refractivity contribution >= 4 is 17.7 Å².